The number of benzene rings is 1. The number of hydrogen-bond acceptors (Lipinski definition) is 3. The number of carbonyl (C=O) groups is 2. The molecule has 2 aromatic rings. The molecule has 2 heterocycles. The molecule has 1 aromatic carbocycles. The maximum absolute atomic E-state index is 12.1. The van der Waals surface area contributed by atoms with E-state index in [1.165, 1.54) is 0 Å². The molecule has 1 aromatic heterocycles. The Balaban J connectivity index is 1.60. The first-order valence-electron chi connectivity index (χ1n) is 6.84. The third-order valence-corrected chi connectivity index (χ3v) is 3.56. The summed E-state index contributed by atoms with van der Waals surface area (Å²) >= 11 is 0. The molecule has 1 saturated heterocycles. The van der Waals surface area contributed by atoms with Crippen molar-refractivity contribution in [3.8, 4) is 0 Å². The second-order valence-electron chi connectivity index (χ2n) is 5.12. The number of nitrogens with one attached hydrogen (secondary N) is 2. The molecular formula is C15H16N4O2. The number of likely N-dealkylation sites (tertiary alicyclic amines) is 1. The monoisotopic (exact) mass is 284 g/mol. The van der Waals surface area contributed by atoms with E-state index in [0.29, 0.717) is 18.9 Å². The van der Waals surface area contributed by atoms with Crippen LogP contribution in [0.15, 0.2) is 42.6 Å². The number of rotatable bonds is 4. The largest absolute Gasteiger partial charge is 0.338 e. The van der Waals surface area contributed by atoms with Gasteiger partial charge in [-0.15, -0.1) is 0 Å². The summed E-state index contributed by atoms with van der Waals surface area (Å²) in [4.78, 5) is 25.9. The standard InChI is InChI=1S/C15H16N4O2/c20-14-8-12(15(21)17-13-6-7-16-18-13)10-19(14)9-11-4-2-1-3-5-11/h1-7,12H,8-10H2,(H2,16,17,18,21). The van der Waals surface area contributed by atoms with Gasteiger partial charge in [0.2, 0.25) is 11.8 Å². The number of hydrogen-bond donors (Lipinski definition) is 2. The molecule has 1 unspecified atom stereocenters. The molecule has 1 aliphatic rings. The van der Waals surface area contributed by atoms with Crippen molar-refractivity contribution in [2.45, 2.75) is 13.0 Å². The number of aromatic amines is 1. The van der Waals surface area contributed by atoms with Gasteiger partial charge in [-0.2, -0.15) is 5.10 Å². The zero-order chi connectivity index (χ0) is 14.7. The predicted octanol–water partition coefficient (Wildman–Crippen LogP) is 1.40. The number of aromatic nitrogens is 2. The molecule has 0 radical (unpaired) electrons. The number of H-pyrrole nitrogens is 1. The molecule has 1 atom stereocenters. The van der Waals surface area contributed by atoms with E-state index in [0.717, 1.165) is 5.56 Å². The molecule has 3 rings (SSSR count). The minimum absolute atomic E-state index is 0.0172. The van der Waals surface area contributed by atoms with E-state index < -0.39 is 0 Å². The van der Waals surface area contributed by atoms with Crippen LogP contribution in [0.25, 0.3) is 0 Å². The molecule has 0 bridgehead atoms. The van der Waals surface area contributed by atoms with Crippen molar-refractivity contribution in [2.75, 3.05) is 11.9 Å². The van der Waals surface area contributed by atoms with Crippen LogP contribution in [0, 0.1) is 5.92 Å². The van der Waals surface area contributed by atoms with Gasteiger partial charge in [0.05, 0.1) is 12.1 Å². The Morgan fingerprint density at radius 1 is 1.33 bits per heavy atom. The third kappa shape index (κ3) is 3.10. The van der Waals surface area contributed by atoms with Crippen molar-refractivity contribution < 1.29 is 9.59 Å². The quantitative estimate of drug-likeness (QED) is 0.890. The average Bonchev–Trinajstić information content (AvgIpc) is 3.11. The van der Waals surface area contributed by atoms with Gasteiger partial charge in [0, 0.05) is 25.6 Å². The lowest BCUT2D eigenvalue weighted by molar-refractivity contribution is -0.128. The molecule has 0 spiro atoms. The van der Waals surface area contributed by atoms with Crippen LogP contribution in [-0.4, -0.2) is 33.5 Å². The summed E-state index contributed by atoms with van der Waals surface area (Å²) in [6, 6.07) is 11.5. The van der Waals surface area contributed by atoms with Crippen LogP contribution in [0.5, 0.6) is 0 Å². The SMILES string of the molecule is O=C(Nc1ccn[nH]1)C1CC(=O)N(Cc2ccccc2)C1. The van der Waals surface area contributed by atoms with Gasteiger partial charge in [-0.25, -0.2) is 0 Å². The first-order chi connectivity index (χ1) is 10.2. The van der Waals surface area contributed by atoms with Gasteiger partial charge in [0.1, 0.15) is 5.82 Å². The normalized spacial score (nSPS) is 18.0. The lowest BCUT2D eigenvalue weighted by Gasteiger charge is -2.16. The van der Waals surface area contributed by atoms with E-state index >= 15 is 0 Å². The van der Waals surface area contributed by atoms with Crippen molar-refractivity contribution in [1.29, 1.82) is 0 Å². The number of anilines is 1. The molecule has 0 aliphatic carbocycles. The summed E-state index contributed by atoms with van der Waals surface area (Å²) < 4.78 is 0. The third-order valence-electron chi connectivity index (χ3n) is 3.56. The minimum Gasteiger partial charge on any atom is -0.338 e. The number of amides is 2. The molecule has 6 nitrogen and oxygen atoms in total. The van der Waals surface area contributed by atoms with Crippen LogP contribution in [0.3, 0.4) is 0 Å². The topological polar surface area (TPSA) is 78.1 Å². The van der Waals surface area contributed by atoms with Crippen LogP contribution in [-0.2, 0) is 16.1 Å². The highest BCUT2D eigenvalue weighted by molar-refractivity contribution is 5.96. The Morgan fingerprint density at radius 2 is 2.14 bits per heavy atom. The molecule has 1 aliphatic heterocycles. The van der Waals surface area contributed by atoms with E-state index in [1.807, 2.05) is 30.3 Å². The van der Waals surface area contributed by atoms with Gasteiger partial charge in [0.15, 0.2) is 0 Å². The van der Waals surface area contributed by atoms with Crippen molar-refractivity contribution in [3.63, 3.8) is 0 Å². The van der Waals surface area contributed by atoms with E-state index in [-0.39, 0.29) is 24.2 Å². The summed E-state index contributed by atoms with van der Waals surface area (Å²) in [6.45, 7) is 1.00. The van der Waals surface area contributed by atoms with Crippen molar-refractivity contribution in [3.05, 3.63) is 48.2 Å². The molecule has 2 amide bonds. The highest BCUT2D eigenvalue weighted by atomic mass is 16.2. The van der Waals surface area contributed by atoms with Gasteiger partial charge in [-0.1, -0.05) is 30.3 Å². The van der Waals surface area contributed by atoms with Gasteiger partial charge in [-0.05, 0) is 5.56 Å². The number of carbonyl (C=O) groups excluding carboxylic acids is 2. The molecule has 0 saturated carbocycles. The number of nitrogens with zero attached hydrogens (tertiary/aromatic N) is 2. The van der Waals surface area contributed by atoms with Crippen LogP contribution < -0.4 is 5.32 Å². The van der Waals surface area contributed by atoms with Gasteiger partial charge < -0.3 is 10.2 Å². The fourth-order valence-corrected chi connectivity index (χ4v) is 2.46. The summed E-state index contributed by atoms with van der Waals surface area (Å²) in [5.74, 6) is 0.102. The molecule has 21 heavy (non-hydrogen) atoms. The Bertz CT molecular complexity index is 624. The van der Waals surface area contributed by atoms with Crippen LogP contribution >= 0.6 is 0 Å². The first-order valence-corrected chi connectivity index (χ1v) is 6.84. The summed E-state index contributed by atoms with van der Waals surface area (Å²) in [7, 11) is 0. The maximum atomic E-state index is 12.1. The van der Waals surface area contributed by atoms with E-state index in [4.69, 9.17) is 0 Å². The molecule has 1 fully saturated rings. The lowest BCUT2D eigenvalue weighted by atomic mass is 10.1. The van der Waals surface area contributed by atoms with Crippen LogP contribution in [0.4, 0.5) is 5.82 Å². The predicted molar refractivity (Wildman–Crippen MR) is 77.2 cm³/mol. The second kappa shape index (κ2) is 5.78. The second-order valence-corrected chi connectivity index (χ2v) is 5.12. The van der Waals surface area contributed by atoms with E-state index in [1.54, 1.807) is 17.2 Å². The highest BCUT2D eigenvalue weighted by Crippen LogP contribution is 2.21. The smallest absolute Gasteiger partial charge is 0.230 e. The lowest BCUT2D eigenvalue weighted by Crippen LogP contribution is -2.28. The highest BCUT2D eigenvalue weighted by Gasteiger charge is 2.34. The zero-order valence-corrected chi connectivity index (χ0v) is 11.5. The molecular weight excluding hydrogens is 268 g/mol. The molecule has 2 N–H and O–H groups in total. The zero-order valence-electron chi connectivity index (χ0n) is 11.5. The van der Waals surface area contributed by atoms with Crippen LogP contribution in [0.2, 0.25) is 0 Å². The fraction of sp³-hybridized carbons (Fsp3) is 0.267. The summed E-state index contributed by atoms with van der Waals surface area (Å²) in [6.07, 6.45) is 1.82. The minimum atomic E-state index is -0.315. The van der Waals surface area contributed by atoms with Crippen molar-refractivity contribution in [1.82, 2.24) is 15.1 Å². The summed E-state index contributed by atoms with van der Waals surface area (Å²) in [5, 5.41) is 9.18. The van der Waals surface area contributed by atoms with E-state index in [9.17, 15) is 9.59 Å². The Kier molecular flexibility index (Phi) is 3.68. The molecule has 108 valence electrons. The van der Waals surface area contributed by atoms with Crippen LogP contribution in [0.1, 0.15) is 12.0 Å². The van der Waals surface area contributed by atoms with Gasteiger partial charge in [-0.3, -0.25) is 14.7 Å². The maximum Gasteiger partial charge on any atom is 0.230 e. The first kappa shape index (κ1) is 13.4. The Labute approximate surface area is 122 Å². The summed E-state index contributed by atoms with van der Waals surface area (Å²) in [5.41, 5.74) is 1.07. The average molecular weight is 284 g/mol. The Hall–Kier alpha value is -2.63. The molecule has 6 heteroatoms. The van der Waals surface area contributed by atoms with Gasteiger partial charge in [0.25, 0.3) is 0 Å². The van der Waals surface area contributed by atoms with E-state index in [2.05, 4.69) is 15.5 Å². The van der Waals surface area contributed by atoms with Crippen molar-refractivity contribution >= 4 is 17.6 Å². The Morgan fingerprint density at radius 3 is 2.86 bits per heavy atom. The van der Waals surface area contributed by atoms with Gasteiger partial charge >= 0.3 is 0 Å². The fourth-order valence-electron chi connectivity index (χ4n) is 2.46. The van der Waals surface area contributed by atoms with Crippen molar-refractivity contribution in [2.24, 2.45) is 5.92 Å².